The number of carbonyl (C=O) groups excluding carboxylic acids is 1. The Bertz CT molecular complexity index is 775. The van der Waals surface area contributed by atoms with Crippen molar-refractivity contribution < 1.29 is 9.53 Å². The van der Waals surface area contributed by atoms with Gasteiger partial charge in [0.25, 0.3) is 0 Å². The minimum Gasteiger partial charge on any atom is -0.489 e. The number of allylic oxidation sites excluding steroid dienone is 1. The Labute approximate surface area is 142 Å². The highest BCUT2D eigenvalue weighted by Crippen LogP contribution is 2.22. The van der Waals surface area contributed by atoms with Crippen LogP contribution in [-0.2, 0) is 11.4 Å². The molecule has 0 unspecified atom stereocenters. The molecule has 0 aliphatic heterocycles. The van der Waals surface area contributed by atoms with Crippen LogP contribution in [0.1, 0.15) is 29.5 Å². The van der Waals surface area contributed by atoms with Gasteiger partial charge in [0.2, 0.25) is 5.91 Å². The van der Waals surface area contributed by atoms with E-state index in [2.05, 4.69) is 18.0 Å². The van der Waals surface area contributed by atoms with E-state index in [1.807, 2.05) is 37.3 Å². The second-order valence-electron chi connectivity index (χ2n) is 5.45. The van der Waals surface area contributed by atoms with Gasteiger partial charge in [0.05, 0.1) is 11.6 Å². The number of nitriles is 1. The molecule has 0 bridgehead atoms. The summed E-state index contributed by atoms with van der Waals surface area (Å²) in [4.78, 5) is 11.8. The van der Waals surface area contributed by atoms with Crippen molar-refractivity contribution in [3.63, 3.8) is 0 Å². The number of hydrogen-bond donors (Lipinski definition) is 1. The first-order valence-electron chi connectivity index (χ1n) is 7.75. The van der Waals surface area contributed by atoms with E-state index in [1.54, 1.807) is 18.2 Å². The van der Waals surface area contributed by atoms with Crippen LogP contribution in [0.4, 0.5) is 5.69 Å². The molecule has 0 aromatic heterocycles. The van der Waals surface area contributed by atoms with E-state index in [1.165, 1.54) is 0 Å². The largest absolute Gasteiger partial charge is 0.489 e. The SMILES string of the molecule is C=CCCC(=O)Nc1ccc(OCc2cccc(C#N)c2)cc1C. The fourth-order valence-corrected chi connectivity index (χ4v) is 2.21. The molecule has 0 aliphatic rings. The van der Waals surface area contributed by atoms with E-state index in [0.717, 1.165) is 22.6 Å². The lowest BCUT2D eigenvalue weighted by Gasteiger charge is -2.11. The van der Waals surface area contributed by atoms with Crippen LogP contribution in [0.25, 0.3) is 0 Å². The fourth-order valence-electron chi connectivity index (χ4n) is 2.21. The van der Waals surface area contributed by atoms with Gasteiger partial charge in [-0.05, 0) is 54.8 Å². The molecule has 0 saturated heterocycles. The van der Waals surface area contributed by atoms with Crippen molar-refractivity contribution in [3.05, 3.63) is 71.8 Å². The Morgan fingerprint density at radius 1 is 1.33 bits per heavy atom. The van der Waals surface area contributed by atoms with Crippen molar-refractivity contribution >= 4 is 11.6 Å². The maximum atomic E-state index is 11.8. The zero-order valence-electron chi connectivity index (χ0n) is 13.7. The Balaban J connectivity index is 1.97. The first-order chi connectivity index (χ1) is 11.6. The minimum absolute atomic E-state index is 0.0278. The number of nitrogens with one attached hydrogen (secondary N) is 1. The van der Waals surface area contributed by atoms with Crippen LogP contribution >= 0.6 is 0 Å². The minimum atomic E-state index is -0.0278. The van der Waals surface area contributed by atoms with Crippen molar-refractivity contribution in [1.82, 2.24) is 0 Å². The van der Waals surface area contributed by atoms with Crippen LogP contribution in [0, 0.1) is 18.3 Å². The van der Waals surface area contributed by atoms with Gasteiger partial charge in [0.15, 0.2) is 0 Å². The van der Waals surface area contributed by atoms with Gasteiger partial charge in [-0.1, -0.05) is 18.2 Å². The molecule has 2 aromatic carbocycles. The van der Waals surface area contributed by atoms with Gasteiger partial charge in [-0.15, -0.1) is 6.58 Å². The molecule has 0 heterocycles. The summed E-state index contributed by atoms with van der Waals surface area (Å²) < 4.78 is 5.76. The third kappa shape index (κ3) is 4.99. The summed E-state index contributed by atoms with van der Waals surface area (Å²) in [7, 11) is 0. The van der Waals surface area contributed by atoms with Crippen molar-refractivity contribution in [2.24, 2.45) is 0 Å². The van der Waals surface area contributed by atoms with E-state index in [9.17, 15) is 4.79 Å². The Morgan fingerprint density at radius 2 is 2.17 bits per heavy atom. The number of carbonyl (C=O) groups is 1. The average molecular weight is 320 g/mol. The molecule has 0 aliphatic carbocycles. The van der Waals surface area contributed by atoms with Gasteiger partial charge in [0.1, 0.15) is 12.4 Å². The second-order valence-corrected chi connectivity index (χ2v) is 5.45. The first kappa shape index (κ1) is 17.3. The van der Waals surface area contributed by atoms with Gasteiger partial charge in [-0.25, -0.2) is 0 Å². The molecule has 2 rings (SSSR count). The first-order valence-corrected chi connectivity index (χ1v) is 7.75. The van der Waals surface area contributed by atoms with E-state index >= 15 is 0 Å². The van der Waals surface area contributed by atoms with Crippen molar-refractivity contribution in [2.45, 2.75) is 26.4 Å². The van der Waals surface area contributed by atoms with Gasteiger partial charge < -0.3 is 10.1 Å². The lowest BCUT2D eigenvalue weighted by molar-refractivity contribution is -0.116. The summed E-state index contributed by atoms with van der Waals surface area (Å²) >= 11 is 0. The van der Waals surface area contributed by atoms with Gasteiger partial charge in [-0.2, -0.15) is 5.26 Å². The fraction of sp³-hybridized carbons (Fsp3) is 0.200. The number of rotatable bonds is 7. The molecule has 0 spiro atoms. The molecule has 4 heteroatoms. The molecule has 24 heavy (non-hydrogen) atoms. The van der Waals surface area contributed by atoms with Crippen molar-refractivity contribution in [1.29, 1.82) is 5.26 Å². The monoisotopic (exact) mass is 320 g/mol. The molecule has 2 aromatic rings. The summed E-state index contributed by atoms with van der Waals surface area (Å²) in [5.74, 6) is 0.693. The molecule has 4 nitrogen and oxygen atoms in total. The highest BCUT2D eigenvalue weighted by atomic mass is 16.5. The highest BCUT2D eigenvalue weighted by molar-refractivity contribution is 5.91. The van der Waals surface area contributed by atoms with E-state index in [4.69, 9.17) is 10.00 Å². The normalized spacial score (nSPS) is 9.83. The third-order valence-electron chi connectivity index (χ3n) is 3.51. The van der Waals surface area contributed by atoms with Crippen LogP contribution in [0.5, 0.6) is 5.75 Å². The summed E-state index contributed by atoms with van der Waals surface area (Å²) in [6, 6.07) is 15.0. The number of anilines is 1. The van der Waals surface area contributed by atoms with Crippen molar-refractivity contribution in [3.8, 4) is 11.8 Å². The third-order valence-corrected chi connectivity index (χ3v) is 3.51. The molecule has 1 amide bonds. The smallest absolute Gasteiger partial charge is 0.224 e. The quantitative estimate of drug-likeness (QED) is 0.771. The number of hydrogen-bond acceptors (Lipinski definition) is 3. The number of ether oxygens (including phenoxy) is 1. The number of aryl methyl sites for hydroxylation is 1. The summed E-state index contributed by atoms with van der Waals surface area (Å²) in [5.41, 5.74) is 3.27. The van der Waals surface area contributed by atoms with Crippen LogP contribution < -0.4 is 10.1 Å². The average Bonchev–Trinajstić information content (AvgIpc) is 2.60. The summed E-state index contributed by atoms with van der Waals surface area (Å²) in [6.45, 7) is 5.92. The van der Waals surface area contributed by atoms with Gasteiger partial charge in [-0.3, -0.25) is 4.79 Å². The predicted molar refractivity (Wildman–Crippen MR) is 94.7 cm³/mol. The maximum absolute atomic E-state index is 11.8. The molecule has 0 saturated carbocycles. The van der Waals surface area contributed by atoms with E-state index < -0.39 is 0 Å². The van der Waals surface area contributed by atoms with E-state index in [-0.39, 0.29) is 5.91 Å². The zero-order chi connectivity index (χ0) is 17.4. The van der Waals surface area contributed by atoms with Crippen LogP contribution in [0.2, 0.25) is 0 Å². The molecular formula is C20H20N2O2. The summed E-state index contributed by atoms with van der Waals surface area (Å²) in [5, 5.41) is 11.8. The number of benzene rings is 2. The molecule has 0 radical (unpaired) electrons. The Kier molecular flexibility index (Phi) is 6.16. The maximum Gasteiger partial charge on any atom is 0.224 e. The topological polar surface area (TPSA) is 62.1 Å². The van der Waals surface area contributed by atoms with Gasteiger partial charge in [0, 0.05) is 12.1 Å². The number of nitrogens with zero attached hydrogens (tertiary/aromatic N) is 1. The Hall–Kier alpha value is -3.06. The lowest BCUT2D eigenvalue weighted by Crippen LogP contribution is -2.11. The van der Waals surface area contributed by atoms with Gasteiger partial charge >= 0.3 is 0 Å². The van der Waals surface area contributed by atoms with Crippen LogP contribution in [0.15, 0.2) is 55.1 Å². The summed E-state index contributed by atoms with van der Waals surface area (Å²) in [6.07, 6.45) is 2.81. The predicted octanol–water partition coefficient (Wildman–Crippen LogP) is 4.35. The second kappa shape index (κ2) is 8.54. The number of amides is 1. The Morgan fingerprint density at radius 3 is 2.88 bits per heavy atom. The van der Waals surface area contributed by atoms with Crippen LogP contribution in [-0.4, -0.2) is 5.91 Å². The molecular weight excluding hydrogens is 300 g/mol. The zero-order valence-corrected chi connectivity index (χ0v) is 13.7. The molecule has 122 valence electrons. The van der Waals surface area contributed by atoms with Crippen LogP contribution in [0.3, 0.4) is 0 Å². The molecule has 0 fully saturated rings. The van der Waals surface area contributed by atoms with Crippen molar-refractivity contribution in [2.75, 3.05) is 5.32 Å². The lowest BCUT2D eigenvalue weighted by atomic mass is 10.1. The molecule has 1 N–H and O–H groups in total. The standard InChI is InChI=1S/C20H20N2O2/c1-3-4-8-20(23)22-19-10-9-18(11-15(19)2)24-14-17-7-5-6-16(12-17)13-21/h3,5-7,9-12H,1,4,8,14H2,2H3,(H,22,23). The molecule has 0 atom stereocenters. The highest BCUT2D eigenvalue weighted by Gasteiger charge is 2.06. The van der Waals surface area contributed by atoms with E-state index in [0.29, 0.717) is 25.0 Å².